The number of hydrogen-bond acceptors (Lipinski definition) is 3. The van der Waals surface area contributed by atoms with Crippen LogP contribution in [0.1, 0.15) is 12.0 Å². The molecule has 0 saturated carbocycles. The molecule has 17 heavy (non-hydrogen) atoms. The Bertz CT molecular complexity index is 552. The summed E-state index contributed by atoms with van der Waals surface area (Å²) >= 11 is 0. The third-order valence-corrected chi connectivity index (χ3v) is 3.25. The molecule has 94 valence electrons. The summed E-state index contributed by atoms with van der Waals surface area (Å²) in [7, 11) is -3.84. The Kier molecular flexibility index (Phi) is 3.82. The van der Waals surface area contributed by atoms with Crippen molar-refractivity contribution in [2.75, 3.05) is 6.26 Å². The van der Waals surface area contributed by atoms with E-state index in [9.17, 15) is 22.0 Å². The number of hydrogen-bond donors (Lipinski definition) is 1. The summed E-state index contributed by atoms with van der Waals surface area (Å²) in [6, 6.07) is 2.02. The van der Waals surface area contributed by atoms with E-state index >= 15 is 0 Å². The van der Waals surface area contributed by atoms with Gasteiger partial charge in [-0.15, -0.1) is 0 Å². The number of carboxylic acid groups (broad SMARTS) is 1. The smallest absolute Gasteiger partial charge is 0.303 e. The zero-order valence-electron chi connectivity index (χ0n) is 8.91. The van der Waals surface area contributed by atoms with Gasteiger partial charge in [-0.1, -0.05) is 6.07 Å². The predicted octanol–water partition coefficient (Wildman–Crippen LogP) is 1.39. The number of sulfone groups is 1. The van der Waals surface area contributed by atoms with Crippen molar-refractivity contribution in [1.82, 2.24) is 0 Å². The number of aryl methyl sites for hydroxylation is 1. The average molecular weight is 264 g/mol. The zero-order valence-corrected chi connectivity index (χ0v) is 9.72. The van der Waals surface area contributed by atoms with Gasteiger partial charge < -0.3 is 5.11 Å². The fourth-order valence-electron chi connectivity index (χ4n) is 1.29. The Balaban J connectivity index is 3.16. The van der Waals surface area contributed by atoms with Crippen molar-refractivity contribution in [3.8, 4) is 0 Å². The van der Waals surface area contributed by atoms with E-state index in [0.29, 0.717) is 0 Å². The molecule has 0 saturated heterocycles. The van der Waals surface area contributed by atoms with Crippen molar-refractivity contribution < 1.29 is 27.1 Å². The number of rotatable bonds is 4. The van der Waals surface area contributed by atoms with Crippen molar-refractivity contribution in [1.29, 1.82) is 0 Å². The maximum absolute atomic E-state index is 13.4. The van der Waals surface area contributed by atoms with Crippen LogP contribution in [0.2, 0.25) is 0 Å². The lowest BCUT2D eigenvalue weighted by atomic mass is 10.1. The molecule has 0 aliphatic carbocycles. The largest absolute Gasteiger partial charge is 0.481 e. The van der Waals surface area contributed by atoms with Gasteiger partial charge in [-0.3, -0.25) is 4.79 Å². The minimum atomic E-state index is -3.84. The lowest BCUT2D eigenvalue weighted by Crippen LogP contribution is -2.06. The van der Waals surface area contributed by atoms with Crippen molar-refractivity contribution in [2.24, 2.45) is 0 Å². The summed E-state index contributed by atoms with van der Waals surface area (Å²) in [4.78, 5) is 9.56. The normalized spacial score (nSPS) is 11.5. The van der Waals surface area contributed by atoms with Gasteiger partial charge in [0.2, 0.25) is 0 Å². The molecule has 1 aromatic rings. The van der Waals surface area contributed by atoms with Crippen LogP contribution in [0.5, 0.6) is 0 Å². The SMILES string of the molecule is CS(=O)(=O)c1ccc(CCC(=O)O)c(F)c1F. The monoisotopic (exact) mass is 264 g/mol. The highest BCUT2D eigenvalue weighted by Crippen LogP contribution is 2.21. The standard InChI is InChI=1S/C10H10F2O4S/c1-17(15,16)7-4-2-6(3-5-8(13)14)9(11)10(7)12/h2,4H,3,5H2,1H3,(H,13,14). The lowest BCUT2D eigenvalue weighted by Gasteiger charge is -2.06. The lowest BCUT2D eigenvalue weighted by molar-refractivity contribution is -0.136. The number of aliphatic carboxylic acids is 1. The van der Waals surface area contributed by atoms with Crippen LogP contribution in [0.25, 0.3) is 0 Å². The molecule has 0 heterocycles. The first-order valence-corrected chi connectivity index (χ1v) is 6.51. The highest BCUT2D eigenvalue weighted by Gasteiger charge is 2.20. The van der Waals surface area contributed by atoms with E-state index in [-0.39, 0.29) is 18.4 Å². The minimum absolute atomic E-state index is 0.155. The number of benzene rings is 1. The van der Waals surface area contributed by atoms with E-state index < -0.39 is 32.3 Å². The number of carbonyl (C=O) groups is 1. The molecule has 0 radical (unpaired) electrons. The van der Waals surface area contributed by atoms with Crippen LogP contribution in [-0.2, 0) is 21.1 Å². The van der Waals surface area contributed by atoms with Gasteiger partial charge in [0, 0.05) is 12.7 Å². The second-order valence-electron chi connectivity index (χ2n) is 3.52. The van der Waals surface area contributed by atoms with E-state index in [0.717, 1.165) is 18.4 Å². The summed E-state index contributed by atoms with van der Waals surface area (Å²) in [5.41, 5.74) is -0.155. The van der Waals surface area contributed by atoms with Crippen molar-refractivity contribution in [3.63, 3.8) is 0 Å². The Labute approximate surface area is 96.8 Å². The summed E-state index contributed by atoms with van der Waals surface area (Å²) in [6.07, 6.45) is 0.221. The van der Waals surface area contributed by atoms with E-state index in [4.69, 9.17) is 5.11 Å². The molecular weight excluding hydrogens is 254 g/mol. The molecule has 0 spiro atoms. The molecule has 0 aromatic heterocycles. The van der Waals surface area contributed by atoms with Gasteiger partial charge in [0.15, 0.2) is 21.5 Å². The Morgan fingerprint density at radius 3 is 2.35 bits per heavy atom. The van der Waals surface area contributed by atoms with Crippen molar-refractivity contribution in [3.05, 3.63) is 29.3 Å². The van der Waals surface area contributed by atoms with Crippen LogP contribution in [0.3, 0.4) is 0 Å². The molecule has 0 bridgehead atoms. The second-order valence-corrected chi connectivity index (χ2v) is 5.50. The molecule has 0 unspecified atom stereocenters. The maximum Gasteiger partial charge on any atom is 0.303 e. The first-order valence-electron chi connectivity index (χ1n) is 4.62. The van der Waals surface area contributed by atoms with Gasteiger partial charge in [0.25, 0.3) is 0 Å². The Morgan fingerprint density at radius 2 is 1.88 bits per heavy atom. The molecule has 0 aliphatic rings. The van der Waals surface area contributed by atoms with Gasteiger partial charge in [-0.2, -0.15) is 0 Å². The molecule has 0 amide bonds. The maximum atomic E-state index is 13.4. The predicted molar refractivity (Wildman–Crippen MR) is 55.4 cm³/mol. The fourth-order valence-corrected chi connectivity index (χ4v) is 2.02. The van der Waals surface area contributed by atoms with Crippen LogP contribution in [-0.4, -0.2) is 25.7 Å². The first kappa shape index (κ1) is 13.6. The quantitative estimate of drug-likeness (QED) is 0.892. The minimum Gasteiger partial charge on any atom is -0.481 e. The van der Waals surface area contributed by atoms with Crippen molar-refractivity contribution >= 4 is 15.8 Å². The summed E-state index contributed by atoms with van der Waals surface area (Å²) in [5.74, 6) is -3.92. The molecule has 1 aromatic carbocycles. The van der Waals surface area contributed by atoms with E-state index in [2.05, 4.69) is 0 Å². The van der Waals surface area contributed by atoms with E-state index in [1.807, 2.05) is 0 Å². The highest BCUT2D eigenvalue weighted by atomic mass is 32.2. The van der Waals surface area contributed by atoms with Gasteiger partial charge in [-0.05, 0) is 18.1 Å². The molecule has 0 atom stereocenters. The van der Waals surface area contributed by atoms with Gasteiger partial charge >= 0.3 is 5.97 Å². The topological polar surface area (TPSA) is 71.4 Å². The molecule has 0 fully saturated rings. The molecular formula is C10H10F2O4S. The van der Waals surface area contributed by atoms with Gasteiger partial charge in [0.05, 0.1) is 0 Å². The molecule has 7 heteroatoms. The first-order chi connectivity index (χ1) is 7.73. The van der Waals surface area contributed by atoms with Crippen LogP contribution < -0.4 is 0 Å². The number of carboxylic acids is 1. The Morgan fingerprint density at radius 1 is 1.29 bits per heavy atom. The van der Waals surface area contributed by atoms with Crippen LogP contribution in [0, 0.1) is 11.6 Å². The van der Waals surface area contributed by atoms with Crippen LogP contribution in [0.4, 0.5) is 8.78 Å². The summed E-state index contributed by atoms with van der Waals surface area (Å²) < 4.78 is 49.0. The Hall–Kier alpha value is -1.50. The van der Waals surface area contributed by atoms with E-state index in [1.54, 1.807) is 0 Å². The molecule has 4 nitrogen and oxygen atoms in total. The second kappa shape index (κ2) is 4.79. The van der Waals surface area contributed by atoms with E-state index in [1.165, 1.54) is 0 Å². The van der Waals surface area contributed by atoms with Crippen LogP contribution in [0.15, 0.2) is 17.0 Å². The molecule has 1 rings (SSSR count). The summed E-state index contributed by atoms with van der Waals surface area (Å²) in [5, 5.41) is 8.41. The molecule has 0 aliphatic heterocycles. The van der Waals surface area contributed by atoms with Gasteiger partial charge in [0.1, 0.15) is 4.90 Å². The van der Waals surface area contributed by atoms with Crippen LogP contribution >= 0.6 is 0 Å². The fraction of sp³-hybridized carbons (Fsp3) is 0.300. The number of halogens is 2. The third-order valence-electron chi connectivity index (χ3n) is 2.13. The molecule has 1 N–H and O–H groups in total. The third kappa shape index (κ3) is 3.23. The van der Waals surface area contributed by atoms with Gasteiger partial charge in [-0.25, -0.2) is 17.2 Å². The zero-order chi connectivity index (χ0) is 13.2. The van der Waals surface area contributed by atoms with Crippen molar-refractivity contribution in [2.45, 2.75) is 17.7 Å². The summed E-state index contributed by atoms with van der Waals surface area (Å²) in [6.45, 7) is 0. The highest BCUT2D eigenvalue weighted by molar-refractivity contribution is 7.90. The average Bonchev–Trinajstić information content (AvgIpc) is 2.18.